The molecule has 0 atom stereocenters. The van der Waals surface area contributed by atoms with Crippen molar-refractivity contribution >= 4 is 11.5 Å². The Balaban J connectivity index is 2.20. The molecule has 98 valence electrons. The summed E-state index contributed by atoms with van der Waals surface area (Å²) in [7, 11) is 0. The smallest absolute Gasteiger partial charge is 0.387 e. The number of benzene rings is 1. The molecule has 2 rings (SSSR count). The first-order valence-corrected chi connectivity index (χ1v) is 5.98. The lowest BCUT2D eigenvalue weighted by molar-refractivity contribution is -0.137. The third kappa shape index (κ3) is 3.03. The van der Waals surface area contributed by atoms with Gasteiger partial charge in [0.1, 0.15) is 5.84 Å². The van der Waals surface area contributed by atoms with Crippen molar-refractivity contribution in [2.45, 2.75) is 31.9 Å². The maximum atomic E-state index is 12.5. The van der Waals surface area contributed by atoms with Gasteiger partial charge in [0, 0.05) is 5.92 Å². The largest absolute Gasteiger partial charge is 0.416 e. The minimum Gasteiger partial charge on any atom is -0.387 e. The van der Waals surface area contributed by atoms with Crippen molar-refractivity contribution in [3.63, 3.8) is 0 Å². The first kappa shape index (κ1) is 12.9. The third-order valence-electron chi connectivity index (χ3n) is 3.21. The van der Waals surface area contributed by atoms with E-state index in [1.165, 1.54) is 12.1 Å². The molecule has 1 aliphatic rings. The number of amidine groups is 1. The van der Waals surface area contributed by atoms with Crippen molar-refractivity contribution in [3.8, 4) is 0 Å². The maximum absolute atomic E-state index is 12.5. The van der Waals surface area contributed by atoms with E-state index in [0.717, 1.165) is 37.8 Å². The molecule has 0 aromatic heterocycles. The van der Waals surface area contributed by atoms with Crippen molar-refractivity contribution in [2.75, 3.05) is 0 Å². The number of halogens is 3. The molecular formula is C13H15F3N2. The Morgan fingerprint density at radius 2 is 1.89 bits per heavy atom. The van der Waals surface area contributed by atoms with Gasteiger partial charge < -0.3 is 5.73 Å². The van der Waals surface area contributed by atoms with E-state index in [1.54, 1.807) is 0 Å². The van der Waals surface area contributed by atoms with E-state index in [9.17, 15) is 13.2 Å². The number of hydrogen-bond acceptors (Lipinski definition) is 1. The fourth-order valence-electron chi connectivity index (χ4n) is 2.21. The molecule has 1 aromatic rings. The minimum absolute atomic E-state index is 0.222. The highest BCUT2D eigenvalue weighted by Gasteiger charge is 2.30. The van der Waals surface area contributed by atoms with Crippen LogP contribution < -0.4 is 5.73 Å². The summed E-state index contributed by atoms with van der Waals surface area (Å²) in [6.45, 7) is 0. The van der Waals surface area contributed by atoms with Gasteiger partial charge in [-0.25, -0.2) is 4.99 Å². The fourth-order valence-corrected chi connectivity index (χ4v) is 2.21. The van der Waals surface area contributed by atoms with Crippen LogP contribution in [0.4, 0.5) is 18.9 Å². The van der Waals surface area contributed by atoms with Crippen LogP contribution in [0.3, 0.4) is 0 Å². The number of rotatable bonds is 2. The summed E-state index contributed by atoms with van der Waals surface area (Å²) in [5.74, 6) is 0.673. The van der Waals surface area contributed by atoms with Crippen LogP contribution in [0, 0.1) is 5.92 Å². The van der Waals surface area contributed by atoms with Gasteiger partial charge in [0.2, 0.25) is 0 Å². The van der Waals surface area contributed by atoms with Crippen LogP contribution >= 0.6 is 0 Å². The molecule has 1 fully saturated rings. The summed E-state index contributed by atoms with van der Waals surface area (Å²) >= 11 is 0. The van der Waals surface area contributed by atoms with Crippen LogP contribution in [0.2, 0.25) is 0 Å². The molecule has 2 nitrogen and oxygen atoms in total. The van der Waals surface area contributed by atoms with E-state index in [4.69, 9.17) is 5.73 Å². The van der Waals surface area contributed by atoms with Crippen LogP contribution in [-0.2, 0) is 6.18 Å². The van der Waals surface area contributed by atoms with Crippen molar-refractivity contribution in [3.05, 3.63) is 29.8 Å². The predicted molar refractivity (Wildman–Crippen MR) is 64.7 cm³/mol. The zero-order valence-electron chi connectivity index (χ0n) is 9.87. The number of alkyl halides is 3. The minimum atomic E-state index is -4.34. The highest BCUT2D eigenvalue weighted by Crippen LogP contribution is 2.32. The molecule has 1 aromatic carbocycles. The Bertz CT molecular complexity index is 446. The summed E-state index contributed by atoms with van der Waals surface area (Å²) in [4.78, 5) is 4.11. The lowest BCUT2D eigenvalue weighted by Gasteiger charge is -2.09. The molecule has 0 spiro atoms. The number of nitrogens with zero attached hydrogens (tertiary/aromatic N) is 1. The molecule has 1 aliphatic carbocycles. The van der Waals surface area contributed by atoms with Gasteiger partial charge in [0.05, 0.1) is 11.3 Å². The van der Waals surface area contributed by atoms with Crippen molar-refractivity contribution in [1.82, 2.24) is 0 Å². The number of aliphatic imine (C=N–C) groups is 1. The molecule has 0 aliphatic heterocycles. The normalized spacial score (nSPS) is 18.3. The maximum Gasteiger partial charge on any atom is 0.416 e. The highest BCUT2D eigenvalue weighted by atomic mass is 19.4. The number of nitrogens with two attached hydrogens (primary N) is 1. The van der Waals surface area contributed by atoms with Crippen LogP contribution in [0.5, 0.6) is 0 Å². The molecule has 2 N–H and O–H groups in total. The molecule has 5 heteroatoms. The molecule has 0 heterocycles. The zero-order valence-corrected chi connectivity index (χ0v) is 9.87. The van der Waals surface area contributed by atoms with E-state index in [0.29, 0.717) is 5.84 Å². The van der Waals surface area contributed by atoms with Crippen LogP contribution in [0.1, 0.15) is 31.2 Å². The zero-order chi connectivity index (χ0) is 13.2. The quantitative estimate of drug-likeness (QED) is 0.632. The lowest BCUT2D eigenvalue weighted by atomic mass is 10.1. The first-order valence-electron chi connectivity index (χ1n) is 5.98. The Hall–Kier alpha value is -1.52. The average Bonchev–Trinajstić information content (AvgIpc) is 2.81. The van der Waals surface area contributed by atoms with Crippen molar-refractivity contribution < 1.29 is 13.2 Å². The van der Waals surface area contributed by atoms with Gasteiger partial charge >= 0.3 is 6.18 Å². The Morgan fingerprint density at radius 3 is 2.50 bits per heavy atom. The van der Waals surface area contributed by atoms with Gasteiger partial charge in [0.15, 0.2) is 0 Å². The standard InChI is InChI=1S/C13H15F3N2/c14-13(15,16)10-6-3-7-11(8-10)18-12(17)9-4-1-2-5-9/h3,6-9H,1-2,4-5H2,(H2,17,18). The SMILES string of the molecule is NC(=Nc1cccc(C(F)(F)F)c1)C1CCCC1. The molecule has 1 saturated carbocycles. The van der Waals surface area contributed by atoms with Gasteiger partial charge in [-0.2, -0.15) is 13.2 Å². The van der Waals surface area contributed by atoms with Gasteiger partial charge in [-0.3, -0.25) is 0 Å². The predicted octanol–water partition coefficient (Wildman–Crippen LogP) is 3.88. The van der Waals surface area contributed by atoms with Crippen LogP contribution in [0.25, 0.3) is 0 Å². The van der Waals surface area contributed by atoms with Gasteiger partial charge in [0.25, 0.3) is 0 Å². The average molecular weight is 256 g/mol. The third-order valence-corrected chi connectivity index (χ3v) is 3.21. The highest BCUT2D eigenvalue weighted by molar-refractivity contribution is 5.85. The van der Waals surface area contributed by atoms with E-state index >= 15 is 0 Å². The van der Waals surface area contributed by atoms with Gasteiger partial charge in [-0.1, -0.05) is 18.9 Å². The van der Waals surface area contributed by atoms with E-state index < -0.39 is 11.7 Å². The van der Waals surface area contributed by atoms with Gasteiger partial charge in [-0.05, 0) is 31.0 Å². The van der Waals surface area contributed by atoms with Crippen molar-refractivity contribution in [1.29, 1.82) is 0 Å². The van der Waals surface area contributed by atoms with Crippen LogP contribution in [0.15, 0.2) is 29.3 Å². The summed E-state index contributed by atoms with van der Waals surface area (Å²) in [6, 6.07) is 4.95. The van der Waals surface area contributed by atoms with E-state index in [-0.39, 0.29) is 11.6 Å². The summed E-state index contributed by atoms with van der Waals surface area (Å²) in [5.41, 5.74) is 5.42. The first-order chi connectivity index (χ1) is 8.47. The topological polar surface area (TPSA) is 38.4 Å². The monoisotopic (exact) mass is 256 g/mol. The molecule has 0 bridgehead atoms. The van der Waals surface area contributed by atoms with E-state index in [1.807, 2.05) is 0 Å². The molecule has 0 radical (unpaired) electrons. The second-order valence-electron chi connectivity index (χ2n) is 4.57. The molecule has 0 saturated heterocycles. The Labute approximate surface area is 104 Å². The Kier molecular flexibility index (Phi) is 3.59. The van der Waals surface area contributed by atoms with Crippen LogP contribution in [-0.4, -0.2) is 5.84 Å². The molecule has 0 amide bonds. The second-order valence-corrected chi connectivity index (χ2v) is 4.57. The Morgan fingerprint density at radius 1 is 1.22 bits per heavy atom. The molecule has 0 unspecified atom stereocenters. The second kappa shape index (κ2) is 5.00. The summed E-state index contributed by atoms with van der Waals surface area (Å²) < 4.78 is 37.6. The van der Waals surface area contributed by atoms with Gasteiger partial charge in [-0.15, -0.1) is 0 Å². The lowest BCUT2D eigenvalue weighted by Crippen LogP contribution is -2.20. The fraction of sp³-hybridized carbons (Fsp3) is 0.462. The molecular weight excluding hydrogens is 241 g/mol. The number of hydrogen-bond donors (Lipinski definition) is 1. The van der Waals surface area contributed by atoms with Crippen molar-refractivity contribution in [2.24, 2.45) is 16.6 Å². The summed E-state index contributed by atoms with van der Waals surface area (Å²) in [5, 5.41) is 0. The molecule has 18 heavy (non-hydrogen) atoms. The summed E-state index contributed by atoms with van der Waals surface area (Å²) in [6.07, 6.45) is -0.150. The van der Waals surface area contributed by atoms with E-state index in [2.05, 4.69) is 4.99 Å².